The lowest BCUT2D eigenvalue weighted by atomic mass is 10.1. The predicted octanol–water partition coefficient (Wildman–Crippen LogP) is 2.51. The molecule has 3 rings (SSSR count). The maximum absolute atomic E-state index is 12.4. The van der Waals surface area contributed by atoms with Crippen LogP contribution in [0, 0.1) is 13.8 Å². The second-order valence-corrected chi connectivity index (χ2v) is 7.48. The fourth-order valence-corrected chi connectivity index (χ4v) is 4.14. The molecule has 5 nitrogen and oxygen atoms in total. The molecular weight excluding hydrogens is 322 g/mol. The summed E-state index contributed by atoms with van der Waals surface area (Å²) in [6.07, 6.45) is 0.440. The number of carbonyl (C=O) groups excluding carboxylic acids is 2. The van der Waals surface area contributed by atoms with E-state index < -0.39 is 0 Å². The van der Waals surface area contributed by atoms with Crippen molar-refractivity contribution in [2.75, 3.05) is 49.9 Å². The third kappa shape index (κ3) is 3.69. The standard InChI is InChI=1S/C18H25N3O2S/c1-14-4-3-5-16(15(14)2)19-8-10-20(11-9-19)17(22)6-7-21-12-13-24-18(21)23/h3-5H,6-13H2,1-2H3. The third-order valence-corrected chi connectivity index (χ3v) is 5.88. The number of aryl methyl sites for hydroxylation is 1. The van der Waals surface area contributed by atoms with Gasteiger partial charge in [0.2, 0.25) is 5.91 Å². The average Bonchev–Trinajstić information content (AvgIpc) is 3.00. The molecule has 6 heteroatoms. The summed E-state index contributed by atoms with van der Waals surface area (Å²) in [4.78, 5) is 30.1. The highest BCUT2D eigenvalue weighted by atomic mass is 32.2. The third-order valence-electron chi connectivity index (χ3n) is 4.99. The summed E-state index contributed by atoms with van der Waals surface area (Å²) in [6.45, 7) is 8.88. The molecule has 0 aromatic heterocycles. The van der Waals surface area contributed by atoms with E-state index in [1.54, 1.807) is 4.90 Å². The summed E-state index contributed by atoms with van der Waals surface area (Å²) < 4.78 is 0. The zero-order chi connectivity index (χ0) is 17.1. The second-order valence-electron chi connectivity index (χ2n) is 6.44. The van der Waals surface area contributed by atoms with E-state index in [0.717, 1.165) is 38.5 Å². The van der Waals surface area contributed by atoms with Crippen LogP contribution < -0.4 is 4.90 Å². The molecule has 0 saturated carbocycles. The Bertz CT molecular complexity index is 627. The largest absolute Gasteiger partial charge is 0.368 e. The summed E-state index contributed by atoms with van der Waals surface area (Å²) in [5, 5.41) is 0.113. The highest BCUT2D eigenvalue weighted by Gasteiger charge is 2.25. The number of rotatable bonds is 4. The van der Waals surface area contributed by atoms with Crippen molar-refractivity contribution in [3.8, 4) is 0 Å². The van der Waals surface area contributed by atoms with Gasteiger partial charge in [0.05, 0.1) is 0 Å². The highest BCUT2D eigenvalue weighted by Crippen LogP contribution is 2.24. The molecule has 0 spiro atoms. The second kappa shape index (κ2) is 7.47. The van der Waals surface area contributed by atoms with Gasteiger partial charge in [0.15, 0.2) is 0 Å². The summed E-state index contributed by atoms with van der Waals surface area (Å²) in [5.74, 6) is 1.02. The Kier molecular flexibility index (Phi) is 5.33. The van der Waals surface area contributed by atoms with Crippen LogP contribution in [0.5, 0.6) is 0 Å². The van der Waals surface area contributed by atoms with E-state index in [0.29, 0.717) is 13.0 Å². The average molecular weight is 347 g/mol. The molecule has 2 amide bonds. The van der Waals surface area contributed by atoms with Gasteiger partial charge >= 0.3 is 0 Å². The molecule has 0 unspecified atom stereocenters. The van der Waals surface area contributed by atoms with Crippen molar-refractivity contribution in [2.24, 2.45) is 0 Å². The predicted molar refractivity (Wildman–Crippen MR) is 98.8 cm³/mol. The van der Waals surface area contributed by atoms with Gasteiger partial charge in [-0.05, 0) is 31.0 Å². The molecule has 0 bridgehead atoms. The van der Waals surface area contributed by atoms with E-state index in [1.165, 1.54) is 28.6 Å². The number of hydrogen-bond donors (Lipinski definition) is 0. The molecule has 2 heterocycles. The van der Waals surface area contributed by atoms with E-state index in [4.69, 9.17) is 0 Å². The minimum absolute atomic E-state index is 0.113. The van der Waals surface area contributed by atoms with E-state index in [-0.39, 0.29) is 11.1 Å². The van der Waals surface area contributed by atoms with Crippen LogP contribution in [-0.4, -0.2) is 66.0 Å². The minimum Gasteiger partial charge on any atom is -0.368 e. The fourth-order valence-electron chi connectivity index (χ4n) is 3.29. The summed E-state index contributed by atoms with van der Waals surface area (Å²) in [7, 11) is 0. The zero-order valence-corrected chi connectivity index (χ0v) is 15.3. The number of thioether (sulfide) groups is 1. The summed E-state index contributed by atoms with van der Waals surface area (Å²) in [6, 6.07) is 6.40. The van der Waals surface area contributed by atoms with Crippen molar-refractivity contribution in [1.29, 1.82) is 0 Å². The SMILES string of the molecule is Cc1cccc(N2CCN(C(=O)CCN3CCSC3=O)CC2)c1C. The molecule has 2 aliphatic rings. The maximum atomic E-state index is 12.4. The first kappa shape index (κ1) is 17.1. The molecule has 1 aromatic rings. The number of nitrogens with zero attached hydrogens (tertiary/aromatic N) is 3. The molecule has 2 aliphatic heterocycles. The van der Waals surface area contributed by atoms with Crippen LogP contribution in [0.15, 0.2) is 18.2 Å². The molecule has 0 N–H and O–H groups in total. The van der Waals surface area contributed by atoms with Gasteiger partial charge in [0.1, 0.15) is 0 Å². The van der Waals surface area contributed by atoms with Crippen LogP contribution >= 0.6 is 11.8 Å². The molecule has 0 aliphatic carbocycles. The Morgan fingerprint density at radius 2 is 1.88 bits per heavy atom. The van der Waals surface area contributed by atoms with Gasteiger partial charge in [-0.2, -0.15) is 0 Å². The number of hydrogen-bond acceptors (Lipinski definition) is 4. The Hall–Kier alpha value is -1.69. The Labute approximate surface area is 148 Å². The monoisotopic (exact) mass is 347 g/mol. The van der Waals surface area contributed by atoms with Gasteiger partial charge < -0.3 is 14.7 Å². The van der Waals surface area contributed by atoms with Crippen molar-refractivity contribution in [3.05, 3.63) is 29.3 Å². The Balaban J connectivity index is 1.50. The van der Waals surface area contributed by atoms with Crippen LogP contribution in [0.25, 0.3) is 0 Å². The van der Waals surface area contributed by atoms with E-state index in [9.17, 15) is 9.59 Å². The van der Waals surface area contributed by atoms with E-state index >= 15 is 0 Å². The number of anilines is 1. The molecule has 2 fully saturated rings. The molecule has 130 valence electrons. The van der Waals surface area contributed by atoms with Gasteiger partial charge in [-0.25, -0.2) is 0 Å². The molecule has 2 saturated heterocycles. The lowest BCUT2D eigenvalue weighted by molar-refractivity contribution is -0.131. The van der Waals surface area contributed by atoms with Crippen molar-refractivity contribution < 1.29 is 9.59 Å². The first-order chi connectivity index (χ1) is 11.6. The quantitative estimate of drug-likeness (QED) is 0.839. The van der Waals surface area contributed by atoms with E-state index in [2.05, 4.69) is 36.9 Å². The van der Waals surface area contributed by atoms with Crippen LogP contribution in [0.3, 0.4) is 0 Å². The number of amides is 2. The van der Waals surface area contributed by atoms with Gasteiger partial charge in [0, 0.05) is 57.1 Å². The van der Waals surface area contributed by atoms with Crippen LogP contribution in [0.1, 0.15) is 17.5 Å². The normalized spacial score (nSPS) is 18.4. The first-order valence-corrected chi connectivity index (χ1v) is 9.55. The minimum atomic E-state index is 0.113. The van der Waals surface area contributed by atoms with Crippen molar-refractivity contribution in [3.63, 3.8) is 0 Å². The fraction of sp³-hybridized carbons (Fsp3) is 0.556. The van der Waals surface area contributed by atoms with Gasteiger partial charge in [-0.3, -0.25) is 9.59 Å². The Morgan fingerprint density at radius 3 is 2.54 bits per heavy atom. The van der Waals surface area contributed by atoms with Gasteiger partial charge in [-0.15, -0.1) is 0 Å². The number of carbonyl (C=O) groups is 2. The topological polar surface area (TPSA) is 43.9 Å². The molecule has 0 atom stereocenters. The van der Waals surface area contributed by atoms with E-state index in [1.807, 2.05) is 4.90 Å². The van der Waals surface area contributed by atoms with Crippen molar-refractivity contribution >= 4 is 28.6 Å². The van der Waals surface area contributed by atoms with Gasteiger partial charge in [-0.1, -0.05) is 23.9 Å². The number of benzene rings is 1. The van der Waals surface area contributed by atoms with Crippen LogP contribution in [0.4, 0.5) is 10.5 Å². The van der Waals surface area contributed by atoms with Crippen LogP contribution in [0.2, 0.25) is 0 Å². The van der Waals surface area contributed by atoms with Crippen molar-refractivity contribution in [2.45, 2.75) is 20.3 Å². The Morgan fingerprint density at radius 1 is 1.12 bits per heavy atom. The van der Waals surface area contributed by atoms with Crippen molar-refractivity contribution in [1.82, 2.24) is 9.80 Å². The molecule has 24 heavy (non-hydrogen) atoms. The lowest BCUT2D eigenvalue weighted by Crippen LogP contribution is -2.49. The maximum Gasteiger partial charge on any atom is 0.281 e. The summed E-state index contributed by atoms with van der Waals surface area (Å²) >= 11 is 1.35. The molecule has 0 radical (unpaired) electrons. The number of piperazine rings is 1. The smallest absolute Gasteiger partial charge is 0.281 e. The molecule has 1 aromatic carbocycles. The zero-order valence-electron chi connectivity index (χ0n) is 14.5. The molecular formula is C18H25N3O2S. The highest BCUT2D eigenvalue weighted by molar-refractivity contribution is 8.13. The first-order valence-electron chi connectivity index (χ1n) is 8.57. The summed E-state index contributed by atoms with van der Waals surface area (Å²) in [5.41, 5.74) is 3.91. The van der Waals surface area contributed by atoms with Crippen LogP contribution in [-0.2, 0) is 4.79 Å². The van der Waals surface area contributed by atoms with Gasteiger partial charge in [0.25, 0.3) is 5.24 Å². The lowest BCUT2D eigenvalue weighted by Gasteiger charge is -2.37.